The number of aromatic nitrogens is 2. The molecule has 1 aromatic rings. The number of hydrogen-bond acceptors (Lipinski definition) is 6. The van der Waals surface area contributed by atoms with E-state index in [1.165, 1.54) is 0 Å². The summed E-state index contributed by atoms with van der Waals surface area (Å²) in [5, 5.41) is 0. The van der Waals surface area contributed by atoms with Crippen LogP contribution in [0.1, 0.15) is 45.8 Å². The van der Waals surface area contributed by atoms with Gasteiger partial charge in [0, 0.05) is 25.5 Å². The average Bonchev–Trinajstić information content (AvgIpc) is 2.92. The molecule has 1 N–H and O–H groups in total. The largest absolute Gasteiger partial charge is 0.378 e. The number of unbranched alkanes of at least 4 members (excludes halogenated alkanes) is 2. The molecule has 1 fully saturated rings. The first kappa shape index (κ1) is 21.5. The Hall–Kier alpha value is -1.84. The Morgan fingerprint density at radius 1 is 1.22 bits per heavy atom. The van der Waals surface area contributed by atoms with E-state index in [-0.39, 0.29) is 13.2 Å². The minimum atomic E-state index is -1.63. The Bertz CT molecular complexity index is 733. The quantitative estimate of drug-likeness (QED) is 0.576. The van der Waals surface area contributed by atoms with Gasteiger partial charge in [0.25, 0.3) is 5.56 Å². The zero-order valence-electron chi connectivity index (χ0n) is 15.7. The molecule has 1 aliphatic heterocycles. The van der Waals surface area contributed by atoms with Crippen LogP contribution in [0.25, 0.3) is 0 Å². The van der Waals surface area contributed by atoms with Gasteiger partial charge >= 0.3 is 5.69 Å². The summed E-state index contributed by atoms with van der Waals surface area (Å²) in [4.78, 5) is 38.3. The lowest BCUT2D eigenvalue weighted by Gasteiger charge is -2.30. The lowest BCUT2D eigenvalue weighted by molar-refractivity contribution is -0.160. The van der Waals surface area contributed by atoms with Crippen LogP contribution in [-0.4, -0.2) is 53.5 Å². The van der Waals surface area contributed by atoms with Gasteiger partial charge in [-0.3, -0.25) is 19.1 Å². The number of ketones is 1. The highest BCUT2D eigenvalue weighted by atomic mass is 19.1. The number of Topliss-reactive ketones (excluding diaryl/α,β-unsaturated/α-hetero) is 1. The number of halogens is 1. The fourth-order valence-corrected chi connectivity index (χ4v) is 2.86. The second kappa shape index (κ2) is 9.91. The third kappa shape index (κ3) is 4.91. The first-order valence-electron chi connectivity index (χ1n) is 9.27. The summed E-state index contributed by atoms with van der Waals surface area (Å²) < 4.78 is 31.9. The molecule has 1 aromatic heterocycles. The molecular weight excluding hydrogens is 359 g/mol. The number of alkyl halides is 1. The predicted octanol–water partition coefficient (Wildman–Crippen LogP) is 1.34. The lowest BCUT2D eigenvalue weighted by Crippen LogP contribution is -2.49. The molecule has 0 aliphatic carbocycles. The van der Waals surface area contributed by atoms with Crippen molar-refractivity contribution in [3.63, 3.8) is 0 Å². The Balaban J connectivity index is 2.29. The number of aromatic amines is 1. The van der Waals surface area contributed by atoms with Gasteiger partial charge in [-0.25, -0.2) is 9.18 Å². The van der Waals surface area contributed by atoms with Gasteiger partial charge in [0.1, 0.15) is 6.67 Å². The van der Waals surface area contributed by atoms with Crippen molar-refractivity contribution in [3.05, 3.63) is 33.1 Å². The molecule has 0 spiro atoms. The molecule has 9 heteroatoms. The highest BCUT2D eigenvalue weighted by Gasteiger charge is 2.57. The predicted molar refractivity (Wildman–Crippen MR) is 95.5 cm³/mol. The number of carbonyl (C=O) groups excluding carboxylic acids is 1. The molecule has 0 saturated carbocycles. The smallest absolute Gasteiger partial charge is 0.330 e. The highest BCUT2D eigenvalue weighted by molar-refractivity contribution is 5.89. The summed E-state index contributed by atoms with van der Waals surface area (Å²) >= 11 is 0. The van der Waals surface area contributed by atoms with Crippen molar-refractivity contribution in [2.24, 2.45) is 0 Å². The third-order valence-corrected chi connectivity index (χ3v) is 4.43. The number of nitrogens with zero attached hydrogens (tertiary/aromatic N) is 1. The molecule has 8 nitrogen and oxygen atoms in total. The number of rotatable bonds is 11. The van der Waals surface area contributed by atoms with Crippen LogP contribution in [0.4, 0.5) is 4.39 Å². The standard InChI is InChI=1S/C18H27FN2O6/c1-3-5-9-25-12-18(11-19)15(26-10-6-4-2)14(23)16(27-18)21-8-7-13(22)20-17(21)24/h7-8,15-16H,3-6,9-12H2,1-2H3,(H,20,22,24)/t15-,16+,18+/m0/s1. The van der Waals surface area contributed by atoms with Crippen molar-refractivity contribution in [1.29, 1.82) is 0 Å². The van der Waals surface area contributed by atoms with E-state index in [2.05, 4.69) is 4.98 Å². The molecule has 2 heterocycles. The van der Waals surface area contributed by atoms with E-state index in [0.717, 1.165) is 36.1 Å². The number of ether oxygens (including phenoxy) is 3. The topological polar surface area (TPSA) is 99.6 Å². The third-order valence-electron chi connectivity index (χ3n) is 4.43. The number of hydrogen-bond donors (Lipinski definition) is 1. The van der Waals surface area contributed by atoms with E-state index in [9.17, 15) is 18.8 Å². The molecule has 3 atom stereocenters. The zero-order valence-corrected chi connectivity index (χ0v) is 15.7. The first-order chi connectivity index (χ1) is 13.0. The lowest BCUT2D eigenvalue weighted by atomic mass is 9.98. The summed E-state index contributed by atoms with van der Waals surface area (Å²) in [7, 11) is 0. The normalized spacial score (nSPS) is 25.2. The van der Waals surface area contributed by atoms with Gasteiger partial charge < -0.3 is 14.2 Å². The first-order valence-corrected chi connectivity index (χ1v) is 9.27. The molecule has 2 rings (SSSR count). The van der Waals surface area contributed by atoms with E-state index in [4.69, 9.17) is 14.2 Å². The van der Waals surface area contributed by atoms with Gasteiger partial charge in [0.15, 0.2) is 11.7 Å². The fraction of sp³-hybridized carbons (Fsp3) is 0.722. The molecule has 27 heavy (non-hydrogen) atoms. The minimum absolute atomic E-state index is 0.166. The maximum Gasteiger partial charge on any atom is 0.330 e. The number of H-pyrrole nitrogens is 1. The number of carbonyl (C=O) groups is 1. The molecule has 0 aromatic carbocycles. The summed E-state index contributed by atoms with van der Waals surface area (Å²) in [6.07, 6.45) is 1.83. The Morgan fingerprint density at radius 3 is 2.56 bits per heavy atom. The molecule has 0 unspecified atom stereocenters. The van der Waals surface area contributed by atoms with Crippen molar-refractivity contribution in [2.45, 2.75) is 57.5 Å². The van der Waals surface area contributed by atoms with Crippen molar-refractivity contribution >= 4 is 5.78 Å². The molecule has 1 saturated heterocycles. The van der Waals surface area contributed by atoms with Crippen molar-refractivity contribution < 1.29 is 23.4 Å². The van der Waals surface area contributed by atoms with Gasteiger partial charge in [0.05, 0.1) is 6.61 Å². The van der Waals surface area contributed by atoms with Gasteiger partial charge in [-0.1, -0.05) is 26.7 Å². The maximum atomic E-state index is 14.1. The van der Waals surface area contributed by atoms with Crippen LogP contribution in [0.2, 0.25) is 0 Å². The Kier molecular flexibility index (Phi) is 7.88. The van der Waals surface area contributed by atoms with Crippen molar-refractivity contribution in [3.8, 4) is 0 Å². The van der Waals surface area contributed by atoms with Crippen LogP contribution in [0.5, 0.6) is 0 Å². The number of nitrogens with one attached hydrogen (secondary N) is 1. The monoisotopic (exact) mass is 386 g/mol. The van der Waals surface area contributed by atoms with E-state index in [1.807, 2.05) is 13.8 Å². The summed E-state index contributed by atoms with van der Waals surface area (Å²) in [6, 6.07) is 1.10. The highest BCUT2D eigenvalue weighted by Crippen LogP contribution is 2.36. The van der Waals surface area contributed by atoms with Crippen molar-refractivity contribution in [1.82, 2.24) is 9.55 Å². The second-order valence-electron chi connectivity index (χ2n) is 6.60. The van der Waals surface area contributed by atoms with E-state index in [1.54, 1.807) is 0 Å². The zero-order chi connectivity index (χ0) is 19.9. The van der Waals surface area contributed by atoms with Crippen LogP contribution >= 0.6 is 0 Å². The second-order valence-corrected chi connectivity index (χ2v) is 6.60. The summed E-state index contributed by atoms with van der Waals surface area (Å²) in [5.74, 6) is -0.572. The van der Waals surface area contributed by atoms with Crippen LogP contribution in [0, 0.1) is 0 Å². The fourth-order valence-electron chi connectivity index (χ4n) is 2.86. The Labute approximate surface area is 156 Å². The molecule has 0 bridgehead atoms. The van der Waals surface area contributed by atoms with E-state index >= 15 is 0 Å². The molecule has 0 amide bonds. The van der Waals surface area contributed by atoms with Gasteiger partial charge in [-0.2, -0.15) is 0 Å². The van der Waals surface area contributed by atoms with E-state index in [0.29, 0.717) is 13.0 Å². The van der Waals surface area contributed by atoms with Crippen LogP contribution < -0.4 is 11.2 Å². The van der Waals surface area contributed by atoms with Crippen LogP contribution in [-0.2, 0) is 19.0 Å². The SMILES string of the molecule is CCCCOC[C@@]1(CF)O[C@@H](n2ccc(=O)[nH]c2=O)C(=O)[C@@H]1OCCCC. The van der Waals surface area contributed by atoms with Gasteiger partial charge in [0.2, 0.25) is 12.0 Å². The Morgan fingerprint density at radius 2 is 1.93 bits per heavy atom. The van der Waals surface area contributed by atoms with Crippen molar-refractivity contribution in [2.75, 3.05) is 26.5 Å². The molecular formula is C18H27FN2O6. The van der Waals surface area contributed by atoms with Gasteiger partial charge in [-0.05, 0) is 12.8 Å². The summed E-state index contributed by atoms with van der Waals surface area (Å²) in [5.41, 5.74) is -3.04. The molecule has 1 aliphatic rings. The minimum Gasteiger partial charge on any atom is -0.378 e. The maximum absolute atomic E-state index is 14.1. The van der Waals surface area contributed by atoms with Crippen LogP contribution in [0.15, 0.2) is 21.9 Å². The van der Waals surface area contributed by atoms with Gasteiger partial charge in [-0.15, -0.1) is 0 Å². The summed E-state index contributed by atoms with van der Waals surface area (Å²) in [6.45, 7) is 3.46. The average molecular weight is 386 g/mol. The van der Waals surface area contributed by atoms with E-state index < -0.39 is 41.6 Å². The molecule has 0 radical (unpaired) electrons. The molecule has 152 valence electrons. The van der Waals surface area contributed by atoms with Crippen LogP contribution in [0.3, 0.4) is 0 Å².